The molecule has 0 aromatic carbocycles. The summed E-state index contributed by atoms with van der Waals surface area (Å²) in [5.41, 5.74) is 12.9. The van der Waals surface area contributed by atoms with Crippen LogP contribution in [-0.2, 0) is 11.8 Å². The molecule has 5 rings (SSSR count). The number of rotatable bonds is 3. The molecule has 3 aromatic rings. The number of nitrogens with two attached hydrogens (primary N) is 2. The Morgan fingerprint density at radius 2 is 2.10 bits per heavy atom. The summed E-state index contributed by atoms with van der Waals surface area (Å²) in [5, 5.41) is 5.46. The second-order valence-corrected chi connectivity index (χ2v) is 8.96. The minimum atomic E-state index is -0.215. The van der Waals surface area contributed by atoms with Gasteiger partial charge in [0.2, 0.25) is 0 Å². The van der Waals surface area contributed by atoms with Crippen molar-refractivity contribution in [3.05, 3.63) is 34.9 Å². The number of nitrogen functional groups attached to an aromatic ring is 1. The monoisotopic (exact) mass is 428 g/mol. The van der Waals surface area contributed by atoms with Crippen molar-refractivity contribution in [1.82, 2.24) is 24.1 Å². The predicted molar refractivity (Wildman–Crippen MR) is 114 cm³/mol. The second-order valence-electron chi connectivity index (χ2n) is 7.96. The Kier molecular flexibility index (Phi) is 4.68. The lowest BCUT2D eigenvalue weighted by Crippen LogP contribution is -2.49. The molecule has 2 aliphatic rings. The fourth-order valence-electron chi connectivity index (χ4n) is 4.25. The van der Waals surface area contributed by atoms with E-state index >= 15 is 0 Å². The number of aromatic nitrogens is 5. The molecule has 30 heavy (non-hydrogen) atoms. The Hall–Kier alpha value is -2.63. The summed E-state index contributed by atoms with van der Waals surface area (Å²) in [4.78, 5) is 23.7. The van der Waals surface area contributed by atoms with Crippen LogP contribution in [0.1, 0.15) is 12.8 Å². The van der Waals surface area contributed by atoms with E-state index in [4.69, 9.17) is 16.2 Å². The lowest BCUT2D eigenvalue weighted by Gasteiger charge is -2.41. The number of pyridine rings is 1. The van der Waals surface area contributed by atoms with Gasteiger partial charge in [0.1, 0.15) is 10.8 Å². The summed E-state index contributed by atoms with van der Waals surface area (Å²) in [7, 11) is 1.63. The standard InChI is InChI=1S/C19H24N8O2S/c1-25-18(28)27-13(24-25)3-2-4-15(27)30-17-16(21)23-14(9-22-17)26-7-5-19(6-8-26)11-29-10-12(19)20/h2-4,9,12H,5-8,10-11,20H2,1H3,(H2,21,23). The van der Waals surface area contributed by atoms with Gasteiger partial charge in [-0.2, -0.15) is 5.10 Å². The van der Waals surface area contributed by atoms with Crippen LogP contribution in [0.2, 0.25) is 0 Å². The molecule has 1 unspecified atom stereocenters. The molecule has 0 saturated carbocycles. The van der Waals surface area contributed by atoms with Crippen LogP contribution in [0.15, 0.2) is 39.2 Å². The fourth-order valence-corrected chi connectivity index (χ4v) is 5.11. The number of piperidine rings is 1. The average molecular weight is 429 g/mol. The largest absolute Gasteiger partial charge is 0.381 e. The number of hydrogen-bond acceptors (Lipinski definition) is 9. The van der Waals surface area contributed by atoms with E-state index in [1.165, 1.54) is 20.8 Å². The highest BCUT2D eigenvalue weighted by Crippen LogP contribution is 2.39. The SMILES string of the molecule is Cn1nc2cccc(Sc3ncc(N4CCC5(CC4)COCC5N)nc3N)n2c1=O. The molecule has 0 aliphatic carbocycles. The molecule has 2 aliphatic heterocycles. The lowest BCUT2D eigenvalue weighted by atomic mass is 9.75. The molecular formula is C19H24N8O2S. The molecule has 5 heterocycles. The van der Waals surface area contributed by atoms with Crippen LogP contribution in [0.25, 0.3) is 5.65 Å². The average Bonchev–Trinajstić information content (AvgIpc) is 3.24. The maximum atomic E-state index is 12.4. The quantitative estimate of drug-likeness (QED) is 0.612. The number of nitrogens with zero attached hydrogens (tertiary/aromatic N) is 6. The molecule has 1 atom stereocenters. The first kappa shape index (κ1) is 19.3. The highest BCUT2D eigenvalue weighted by Gasteiger charge is 2.44. The summed E-state index contributed by atoms with van der Waals surface area (Å²) in [5.74, 6) is 1.10. The zero-order chi connectivity index (χ0) is 20.9. The zero-order valence-corrected chi connectivity index (χ0v) is 17.5. The summed E-state index contributed by atoms with van der Waals surface area (Å²) in [6.07, 6.45) is 3.68. The van der Waals surface area contributed by atoms with E-state index in [0.717, 1.165) is 38.4 Å². The van der Waals surface area contributed by atoms with Gasteiger partial charge >= 0.3 is 5.69 Å². The van der Waals surface area contributed by atoms with Crippen LogP contribution in [0.4, 0.5) is 11.6 Å². The van der Waals surface area contributed by atoms with E-state index in [-0.39, 0.29) is 17.1 Å². The van der Waals surface area contributed by atoms with Gasteiger partial charge in [-0.3, -0.25) is 0 Å². The van der Waals surface area contributed by atoms with Gasteiger partial charge in [0, 0.05) is 31.6 Å². The molecule has 2 saturated heterocycles. The minimum absolute atomic E-state index is 0.0843. The van der Waals surface area contributed by atoms with Gasteiger partial charge < -0.3 is 21.1 Å². The molecule has 0 radical (unpaired) electrons. The van der Waals surface area contributed by atoms with E-state index in [1.54, 1.807) is 19.3 Å². The Bertz CT molecular complexity index is 1150. The van der Waals surface area contributed by atoms with Crippen molar-refractivity contribution in [1.29, 1.82) is 0 Å². The molecule has 0 amide bonds. The number of anilines is 2. The number of hydrogen-bond donors (Lipinski definition) is 2. The highest BCUT2D eigenvalue weighted by molar-refractivity contribution is 7.99. The Morgan fingerprint density at radius 1 is 1.30 bits per heavy atom. The normalized spacial score (nSPS) is 21.0. The Morgan fingerprint density at radius 3 is 2.80 bits per heavy atom. The molecule has 1 spiro atoms. The van der Waals surface area contributed by atoms with E-state index in [9.17, 15) is 4.79 Å². The Balaban J connectivity index is 1.36. The van der Waals surface area contributed by atoms with Crippen LogP contribution in [0.5, 0.6) is 0 Å². The summed E-state index contributed by atoms with van der Waals surface area (Å²) in [6, 6.07) is 5.58. The smallest absolute Gasteiger partial charge is 0.350 e. The van der Waals surface area contributed by atoms with Crippen molar-refractivity contribution in [2.45, 2.75) is 28.9 Å². The number of ether oxygens (including phenoxy) is 1. The van der Waals surface area contributed by atoms with Crippen molar-refractivity contribution < 1.29 is 4.74 Å². The van der Waals surface area contributed by atoms with Gasteiger partial charge in [0.25, 0.3) is 0 Å². The highest BCUT2D eigenvalue weighted by atomic mass is 32.2. The van der Waals surface area contributed by atoms with Gasteiger partial charge in [-0.1, -0.05) is 6.07 Å². The third kappa shape index (κ3) is 3.13. The third-order valence-corrected chi connectivity index (χ3v) is 7.20. The molecule has 2 fully saturated rings. The molecule has 4 N–H and O–H groups in total. The molecule has 10 nitrogen and oxygen atoms in total. The van der Waals surface area contributed by atoms with Gasteiger partial charge in [0.15, 0.2) is 11.5 Å². The predicted octanol–water partition coefficient (Wildman–Crippen LogP) is 0.501. The maximum Gasteiger partial charge on any atom is 0.350 e. The molecule has 3 aromatic heterocycles. The first-order chi connectivity index (χ1) is 14.5. The summed E-state index contributed by atoms with van der Waals surface area (Å²) < 4.78 is 8.44. The van der Waals surface area contributed by atoms with Gasteiger partial charge in [-0.15, -0.1) is 0 Å². The summed E-state index contributed by atoms with van der Waals surface area (Å²) >= 11 is 1.30. The number of aryl methyl sites for hydroxylation is 1. The summed E-state index contributed by atoms with van der Waals surface area (Å²) in [6.45, 7) is 3.08. The first-order valence-corrected chi connectivity index (χ1v) is 10.7. The molecule has 0 bridgehead atoms. The lowest BCUT2D eigenvalue weighted by molar-refractivity contribution is 0.131. The number of fused-ring (bicyclic) bond motifs is 1. The van der Waals surface area contributed by atoms with Crippen LogP contribution >= 0.6 is 11.8 Å². The third-order valence-electron chi connectivity index (χ3n) is 6.16. The van der Waals surface area contributed by atoms with E-state index in [0.29, 0.717) is 28.1 Å². The van der Waals surface area contributed by atoms with Crippen LogP contribution < -0.4 is 22.1 Å². The minimum Gasteiger partial charge on any atom is -0.381 e. The first-order valence-electron chi connectivity index (χ1n) is 9.90. The second kappa shape index (κ2) is 7.25. The van der Waals surface area contributed by atoms with Crippen molar-refractivity contribution in [3.8, 4) is 0 Å². The van der Waals surface area contributed by atoms with E-state index in [2.05, 4.69) is 20.0 Å². The van der Waals surface area contributed by atoms with Crippen molar-refractivity contribution in [2.24, 2.45) is 18.2 Å². The van der Waals surface area contributed by atoms with Gasteiger partial charge in [-0.05, 0) is 36.7 Å². The fraction of sp³-hybridized carbons (Fsp3) is 0.474. The molecule has 158 valence electrons. The van der Waals surface area contributed by atoms with Gasteiger partial charge in [0.05, 0.1) is 24.4 Å². The van der Waals surface area contributed by atoms with Crippen LogP contribution in [-0.4, -0.2) is 56.5 Å². The van der Waals surface area contributed by atoms with Gasteiger partial charge in [-0.25, -0.2) is 23.8 Å². The zero-order valence-electron chi connectivity index (χ0n) is 16.7. The van der Waals surface area contributed by atoms with Crippen LogP contribution in [0.3, 0.4) is 0 Å². The van der Waals surface area contributed by atoms with E-state index < -0.39 is 0 Å². The van der Waals surface area contributed by atoms with Crippen molar-refractivity contribution >= 4 is 29.0 Å². The Labute approximate surface area is 177 Å². The van der Waals surface area contributed by atoms with E-state index in [1.807, 2.05) is 12.1 Å². The van der Waals surface area contributed by atoms with Crippen molar-refractivity contribution in [2.75, 3.05) is 36.9 Å². The van der Waals surface area contributed by atoms with Crippen molar-refractivity contribution in [3.63, 3.8) is 0 Å². The maximum absolute atomic E-state index is 12.4. The topological polar surface area (TPSA) is 130 Å². The molecule has 11 heteroatoms. The molecular weight excluding hydrogens is 404 g/mol. The van der Waals surface area contributed by atoms with Crippen LogP contribution in [0, 0.1) is 5.41 Å².